The monoisotopic (exact) mass is 421 g/mol. The van der Waals surface area contributed by atoms with Crippen LogP contribution in [-0.4, -0.2) is 31.1 Å². The first kappa shape index (κ1) is 22.7. The number of benzene rings is 2. The van der Waals surface area contributed by atoms with Gasteiger partial charge < -0.3 is 14.8 Å². The number of alkyl halides is 3. The summed E-state index contributed by atoms with van der Waals surface area (Å²) in [5.41, 5.74) is -0.0390. The largest absolute Gasteiger partial charge is 0.465 e. The van der Waals surface area contributed by atoms with E-state index in [1.165, 1.54) is 38.3 Å². The van der Waals surface area contributed by atoms with Gasteiger partial charge in [-0.15, -0.1) is 0 Å². The molecule has 1 unspecified atom stereocenters. The van der Waals surface area contributed by atoms with Crippen molar-refractivity contribution in [2.45, 2.75) is 19.2 Å². The van der Waals surface area contributed by atoms with Crippen molar-refractivity contribution in [2.24, 2.45) is 0 Å². The summed E-state index contributed by atoms with van der Waals surface area (Å²) >= 11 is 0. The molecule has 30 heavy (non-hydrogen) atoms. The highest BCUT2D eigenvalue weighted by Crippen LogP contribution is 2.30. The third kappa shape index (κ3) is 6.47. The molecule has 1 amide bonds. The molecular formula is C21H18F3NO5. The quantitative estimate of drug-likeness (QED) is 0.562. The van der Waals surface area contributed by atoms with Gasteiger partial charge in [0.1, 0.15) is 0 Å². The number of hydrogen-bond acceptors (Lipinski definition) is 5. The predicted octanol–water partition coefficient (Wildman–Crippen LogP) is 4.08. The van der Waals surface area contributed by atoms with Crippen molar-refractivity contribution in [3.05, 3.63) is 71.3 Å². The lowest BCUT2D eigenvalue weighted by Crippen LogP contribution is -2.29. The van der Waals surface area contributed by atoms with Gasteiger partial charge in [-0.1, -0.05) is 18.2 Å². The Morgan fingerprint density at radius 3 is 2.33 bits per heavy atom. The molecule has 0 saturated heterocycles. The summed E-state index contributed by atoms with van der Waals surface area (Å²) in [4.78, 5) is 35.3. The molecule has 2 rings (SSSR count). The molecule has 0 fully saturated rings. The van der Waals surface area contributed by atoms with Crippen LogP contribution in [0, 0.1) is 0 Å². The van der Waals surface area contributed by atoms with Gasteiger partial charge in [0.25, 0.3) is 5.91 Å². The molecule has 6 nitrogen and oxygen atoms in total. The van der Waals surface area contributed by atoms with Gasteiger partial charge >= 0.3 is 18.1 Å². The second kappa shape index (κ2) is 9.73. The Bertz CT molecular complexity index is 952. The van der Waals surface area contributed by atoms with Crippen LogP contribution in [0.3, 0.4) is 0 Å². The Hall–Kier alpha value is -3.62. The first-order valence-corrected chi connectivity index (χ1v) is 8.65. The standard InChI is InChI=1S/C21H18F3NO5/c1-13(19(27)25-17-5-3-4-16(12-17)21(22,23)24)30-18(26)11-8-14-6-9-15(10-7-14)20(28)29-2/h3-13H,1-2H3,(H,25,27)/b11-8+. The van der Waals surface area contributed by atoms with E-state index in [1.807, 2.05) is 0 Å². The Balaban J connectivity index is 1.92. The van der Waals surface area contributed by atoms with Crippen LogP contribution in [0.4, 0.5) is 18.9 Å². The van der Waals surface area contributed by atoms with Crippen molar-refractivity contribution in [2.75, 3.05) is 12.4 Å². The van der Waals surface area contributed by atoms with Crippen LogP contribution in [0.25, 0.3) is 6.08 Å². The average molecular weight is 421 g/mol. The van der Waals surface area contributed by atoms with Gasteiger partial charge in [-0.2, -0.15) is 13.2 Å². The smallest absolute Gasteiger partial charge is 0.416 e. The third-order valence-corrected chi connectivity index (χ3v) is 3.86. The van der Waals surface area contributed by atoms with E-state index in [0.717, 1.165) is 24.3 Å². The van der Waals surface area contributed by atoms with E-state index >= 15 is 0 Å². The minimum absolute atomic E-state index is 0.0704. The molecule has 9 heteroatoms. The molecule has 0 aliphatic heterocycles. The first-order valence-electron chi connectivity index (χ1n) is 8.65. The number of rotatable bonds is 6. The Morgan fingerprint density at radius 2 is 1.73 bits per heavy atom. The lowest BCUT2D eigenvalue weighted by molar-refractivity contribution is -0.148. The number of methoxy groups -OCH3 is 1. The molecule has 0 spiro atoms. The zero-order valence-corrected chi connectivity index (χ0v) is 16.0. The van der Waals surface area contributed by atoms with Gasteiger partial charge in [-0.25, -0.2) is 9.59 Å². The van der Waals surface area contributed by atoms with Crippen LogP contribution >= 0.6 is 0 Å². The number of hydrogen-bond donors (Lipinski definition) is 1. The maximum Gasteiger partial charge on any atom is 0.416 e. The fourth-order valence-corrected chi connectivity index (χ4v) is 2.30. The molecule has 158 valence electrons. The number of halogens is 3. The molecule has 0 saturated carbocycles. The van der Waals surface area contributed by atoms with Crippen LogP contribution in [0.1, 0.15) is 28.4 Å². The lowest BCUT2D eigenvalue weighted by atomic mass is 10.1. The molecule has 1 N–H and O–H groups in total. The average Bonchev–Trinajstić information content (AvgIpc) is 2.71. The fourth-order valence-electron chi connectivity index (χ4n) is 2.30. The topological polar surface area (TPSA) is 81.7 Å². The highest BCUT2D eigenvalue weighted by molar-refractivity contribution is 5.96. The lowest BCUT2D eigenvalue weighted by Gasteiger charge is -2.13. The molecule has 0 aliphatic carbocycles. The molecule has 2 aromatic rings. The van der Waals surface area contributed by atoms with Gasteiger partial charge in [0.2, 0.25) is 0 Å². The molecule has 0 radical (unpaired) electrons. The van der Waals surface area contributed by atoms with E-state index in [2.05, 4.69) is 10.1 Å². The van der Waals surface area contributed by atoms with Crippen molar-refractivity contribution in [1.29, 1.82) is 0 Å². The maximum atomic E-state index is 12.7. The maximum absolute atomic E-state index is 12.7. The van der Waals surface area contributed by atoms with Crippen LogP contribution in [-0.2, 0) is 25.2 Å². The Labute approximate surface area is 170 Å². The molecule has 1 atom stereocenters. The normalized spacial score (nSPS) is 12.3. The summed E-state index contributed by atoms with van der Waals surface area (Å²) in [5, 5.41) is 2.27. The zero-order valence-electron chi connectivity index (χ0n) is 16.0. The van der Waals surface area contributed by atoms with Crippen molar-refractivity contribution in [3.63, 3.8) is 0 Å². The summed E-state index contributed by atoms with van der Waals surface area (Å²) in [5.74, 6) is -2.09. The second-order valence-corrected chi connectivity index (χ2v) is 6.09. The Morgan fingerprint density at radius 1 is 1.07 bits per heavy atom. The van der Waals surface area contributed by atoms with E-state index in [0.29, 0.717) is 11.1 Å². The first-order chi connectivity index (χ1) is 14.1. The number of ether oxygens (including phenoxy) is 2. The second-order valence-electron chi connectivity index (χ2n) is 6.09. The van der Waals surface area contributed by atoms with Gasteiger partial charge in [-0.3, -0.25) is 4.79 Å². The molecule has 0 aromatic heterocycles. The Kier molecular flexibility index (Phi) is 7.35. The molecule has 0 aliphatic rings. The van der Waals surface area contributed by atoms with Gasteiger partial charge in [0.15, 0.2) is 6.10 Å². The summed E-state index contributed by atoms with van der Waals surface area (Å²) in [7, 11) is 1.26. The number of amides is 1. The van der Waals surface area contributed by atoms with Crippen molar-refractivity contribution >= 4 is 29.6 Å². The summed E-state index contributed by atoms with van der Waals surface area (Å²) < 4.78 is 47.7. The van der Waals surface area contributed by atoms with Crippen LogP contribution < -0.4 is 5.32 Å². The number of carbonyl (C=O) groups excluding carboxylic acids is 3. The van der Waals surface area contributed by atoms with E-state index < -0.39 is 35.7 Å². The minimum atomic E-state index is -4.54. The van der Waals surface area contributed by atoms with Crippen LogP contribution in [0.5, 0.6) is 0 Å². The van der Waals surface area contributed by atoms with E-state index in [1.54, 1.807) is 12.1 Å². The van der Waals surface area contributed by atoms with E-state index in [9.17, 15) is 27.6 Å². The zero-order chi connectivity index (χ0) is 22.3. The van der Waals surface area contributed by atoms with Crippen LogP contribution in [0.15, 0.2) is 54.6 Å². The minimum Gasteiger partial charge on any atom is -0.465 e. The van der Waals surface area contributed by atoms with E-state index in [-0.39, 0.29) is 5.69 Å². The molecule has 0 bridgehead atoms. The number of anilines is 1. The molecule has 2 aromatic carbocycles. The van der Waals surface area contributed by atoms with Gasteiger partial charge in [0.05, 0.1) is 18.2 Å². The third-order valence-electron chi connectivity index (χ3n) is 3.86. The molecule has 0 heterocycles. The number of esters is 2. The van der Waals surface area contributed by atoms with Gasteiger partial charge in [0, 0.05) is 11.8 Å². The van der Waals surface area contributed by atoms with Crippen LogP contribution in [0.2, 0.25) is 0 Å². The van der Waals surface area contributed by atoms with E-state index in [4.69, 9.17) is 4.74 Å². The summed E-state index contributed by atoms with van der Waals surface area (Å²) in [6, 6.07) is 10.3. The van der Waals surface area contributed by atoms with Crippen molar-refractivity contribution in [1.82, 2.24) is 0 Å². The highest BCUT2D eigenvalue weighted by Gasteiger charge is 2.30. The number of nitrogens with one attached hydrogen (secondary N) is 1. The fraction of sp³-hybridized carbons (Fsp3) is 0.190. The summed E-state index contributed by atoms with van der Waals surface area (Å²) in [6.45, 7) is 1.29. The van der Waals surface area contributed by atoms with Crippen molar-refractivity contribution in [3.8, 4) is 0 Å². The van der Waals surface area contributed by atoms with Gasteiger partial charge in [-0.05, 0) is 48.9 Å². The summed E-state index contributed by atoms with van der Waals surface area (Å²) in [6.07, 6.45) is -3.28. The predicted molar refractivity (Wildman–Crippen MR) is 102 cm³/mol. The highest BCUT2D eigenvalue weighted by atomic mass is 19.4. The SMILES string of the molecule is COC(=O)c1ccc(/C=C/C(=O)OC(C)C(=O)Nc2cccc(C(F)(F)F)c2)cc1. The molecular weight excluding hydrogens is 403 g/mol. The number of carbonyl (C=O) groups is 3. The van der Waals surface area contributed by atoms with Crippen molar-refractivity contribution < 1.29 is 37.0 Å².